The van der Waals surface area contributed by atoms with Crippen molar-refractivity contribution in [2.45, 2.75) is 25.3 Å². The van der Waals surface area contributed by atoms with Crippen molar-refractivity contribution in [3.8, 4) is 11.8 Å². The number of nitrogens with zero attached hydrogens (tertiary/aromatic N) is 5. The van der Waals surface area contributed by atoms with Crippen LogP contribution in [-0.2, 0) is 9.59 Å². The molecule has 11 nitrogen and oxygen atoms in total. The minimum absolute atomic E-state index is 0.0303. The van der Waals surface area contributed by atoms with Crippen molar-refractivity contribution >= 4 is 35.3 Å². The van der Waals surface area contributed by atoms with E-state index in [0.717, 1.165) is 37.3 Å². The number of imide groups is 1. The average molecular weight is 444 g/mol. The van der Waals surface area contributed by atoms with Gasteiger partial charge in [0.2, 0.25) is 11.9 Å². The van der Waals surface area contributed by atoms with E-state index < -0.39 is 5.91 Å². The van der Waals surface area contributed by atoms with E-state index in [2.05, 4.69) is 36.0 Å². The Hall–Kier alpha value is -4.28. The zero-order valence-corrected chi connectivity index (χ0v) is 17.5. The van der Waals surface area contributed by atoms with Crippen LogP contribution in [0.1, 0.15) is 30.4 Å². The first-order valence-corrected chi connectivity index (χ1v) is 10.8. The maximum absolute atomic E-state index is 12.0. The number of ether oxygens (including phenoxy) is 1. The number of fused-ring (bicyclic) bond motifs is 1. The third-order valence-electron chi connectivity index (χ3n) is 5.50. The summed E-state index contributed by atoms with van der Waals surface area (Å²) in [6.07, 6.45) is 5.37. The van der Waals surface area contributed by atoms with Crippen LogP contribution in [0.15, 0.2) is 41.0 Å². The second kappa shape index (κ2) is 7.69. The summed E-state index contributed by atoms with van der Waals surface area (Å²) in [6.45, 7) is 1.57. The third-order valence-corrected chi connectivity index (χ3v) is 5.50. The number of hydrogen-bond acceptors (Lipinski definition) is 9. The number of hydrogen-bond donors (Lipinski definition) is 3. The first-order valence-electron chi connectivity index (χ1n) is 10.8. The van der Waals surface area contributed by atoms with Gasteiger partial charge in [0.05, 0.1) is 19.2 Å². The second-order valence-electron chi connectivity index (χ2n) is 8.09. The van der Waals surface area contributed by atoms with Crippen LogP contribution in [0.25, 0.3) is 11.7 Å². The average Bonchev–Trinajstić information content (AvgIpc) is 3.17. The standard InChI is InChI=1S/C22H20N8O3/c31-17-10-13(20(32)27-17)8-14-11-25-30-19(14)28-22(29-21(30)26-15-4-5-15)33-16-3-1-2-12(9-16)18-23-6-7-24-18/h1-3,8-9,11,15H,4-7,10H2,(H,23,24)(H,26,28,29)(H,27,31,32)/b13-8+. The van der Waals surface area contributed by atoms with Crippen molar-refractivity contribution in [1.29, 1.82) is 0 Å². The van der Waals surface area contributed by atoms with E-state index in [1.165, 1.54) is 0 Å². The van der Waals surface area contributed by atoms with E-state index in [0.29, 0.717) is 34.5 Å². The molecule has 166 valence electrons. The SMILES string of the molecule is O=C1C/C(=C\c2cnn3c(NC4CC4)nc(Oc4cccc(C5=NCCN5)c4)nc23)C(=O)N1. The number of anilines is 1. The van der Waals surface area contributed by atoms with Crippen LogP contribution in [0.3, 0.4) is 0 Å². The predicted octanol–water partition coefficient (Wildman–Crippen LogP) is 1.27. The number of carbonyl (C=O) groups is 2. The van der Waals surface area contributed by atoms with Gasteiger partial charge in [0, 0.05) is 29.3 Å². The predicted molar refractivity (Wildman–Crippen MR) is 119 cm³/mol. The molecule has 3 aliphatic rings. The number of rotatable bonds is 6. The van der Waals surface area contributed by atoms with Crippen molar-refractivity contribution in [3.63, 3.8) is 0 Å². The fourth-order valence-electron chi connectivity index (χ4n) is 3.74. The Kier molecular flexibility index (Phi) is 4.52. The Balaban J connectivity index is 1.38. The normalized spacial score (nSPS) is 19.0. The smallest absolute Gasteiger partial charge is 0.327 e. The van der Waals surface area contributed by atoms with Gasteiger partial charge in [-0.3, -0.25) is 19.9 Å². The molecule has 33 heavy (non-hydrogen) atoms. The lowest BCUT2D eigenvalue weighted by molar-refractivity contribution is -0.124. The molecule has 0 unspecified atom stereocenters. The number of carbonyl (C=O) groups excluding carboxylic acids is 2. The highest BCUT2D eigenvalue weighted by Crippen LogP contribution is 2.28. The summed E-state index contributed by atoms with van der Waals surface area (Å²) in [6, 6.07) is 8.04. The Labute approximate surface area is 188 Å². The zero-order valence-electron chi connectivity index (χ0n) is 17.5. The molecule has 0 bridgehead atoms. The summed E-state index contributed by atoms with van der Waals surface area (Å²) in [5, 5.41) is 13.3. The molecule has 0 radical (unpaired) electrons. The maximum Gasteiger partial charge on any atom is 0.327 e. The summed E-state index contributed by atoms with van der Waals surface area (Å²) in [7, 11) is 0. The van der Waals surface area contributed by atoms with E-state index in [9.17, 15) is 9.59 Å². The first kappa shape index (κ1) is 19.4. The third kappa shape index (κ3) is 3.88. The summed E-state index contributed by atoms with van der Waals surface area (Å²) >= 11 is 0. The Morgan fingerprint density at radius 3 is 2.88 bits per heavy atom. The summed E-state index contributed by atoms with van der Waals surface area (Å²) in [5.74, 6) is 1.19. The Morgan fingerprint density at radius 2 is 2.12 bits per heavy atom. The molecule has 3 aromatic rings. The molecule has 2 amide bonds. The van der Waals surface area contributed by atoms with Crippen LogP contribution < -0.4 is 20.7 Å². The van der Waals surface area contributed by atoms with Crippen molar-refractivity contribution in [3.05, 3.63) is 47.2 Å². The van der Waals surface area contributed by atoms with E-state index in [4.69, 9.17) is 4.74 Å². The minimum atomic E-state index is -0.401. The zero-order chi connectivity index (χ0) is 22.4. The summed E-state index contributed by atoms with van der Waals surface area (Å²) < 4.78 is 7.60. The van der Waals surface area contributed by atoms with E-state index in [1.54, 1.807) is 16.8 Å². The molecule has 2 aliphatic heterocycles. The molecule has 1 saturated heterocycles. The van der Waals surface area contributed by atoms with Gasteiger partial charge >= 0.3 is 6.01 Å². The quantitative estimate of drug-likeness (QED) is 0.382. The Morgan fingerprint density at radius 1 is 1.21 bits per heavy atom. The minimum Gasteiger partial charge on any atom is -0.424 e. The number of amides is 2. The topological polar surface area (TPSA) is 135 Å². The van der Waals surface area contributed by atoms with Crippen LogP contribution in [0, 0.1) is 0 Å². The molecule has 3 N–H and O–H groups in total. The summed E-state index contributed by atoms with van der Waals surface area (Å²) in [5.41, 5.74) is 2.36. The van der Waals surface area contributed by atoms with Gasteiger partial charge in [-0.15, -0.1) is 0 Å². The molecule has 2 aromatic heterocycles. The van der Waals surface area contributed by atoms with Crippen molar-refractivity contribution in [1.82, 2.24) is 30.2 Å². The highest BCUT2D eigenvalue weighted by Gasteiger charge is 2.26. The fourth-order valence-corrected chi connectivity index (χ4v) is 3.74. The molecule has 0 atom stereocenters. The van der Waals surface area contributed by atoms with Crippen LogP contribution >= 0.6 is 0 Å². The van der Waals surface area contributed by atoms with Crippen LogP contribution in [0.2, 0.25) is 0 Å². The first-order chi connectivity index (χ1) is 16.1. The van der Waals surface area contributed by atoms with E-state index in [1.807, 2.05) is 24.3 Å². The fraction of sp³-hybridized carbons (Fsp3) is 0.273. The number of benzene rings is 1. The number of nitrogens with one attached hydrogen (secondary N) is 3. The van der Waals surface area contributed by atoms with Crippen molar-refractivity contribution in [2.24, 2.45) is 4.99 Å². The molecule has 1 saturated carbocycles. The van der Waals surface area contributed by atoms with Gasteiger partial charge in [-0.2, -0.15) is 19.6 Å². The molecule has 1 aromatic carbocycles. The van der Waals surface area contributed by atoms with Gasteiger partial charge in [-0.05, 0) is 31.1 Å². The molecular weight excluding hydrogens is 424 g/mol. The van der Waals surface area contributed by atoms with Gasteiger partial charge in [0.1, 0.15) is 11.6 Å². The van der Waals surface area contributed by atoms with Gasteiger partial charge < -0.3 is 15.4 Å². The molecule has 11 heteroatoms. The summed E-state index contributed by atoms with van der Waals surface area (Å²) in [4.78, 5) is 37.1. The van der Waals surface area contributed by atoms with E-state index >= 15 is 0 Å². The second-order valence-corrected chi connectivity index (χ2v) is 8.09. The highest BCUT2D eigenvalue weighted by molar-refractivity contribution is 6.15. The number of aliphatic imine (C=N–C) groups is 1. The van der Waals surface area contributed by atoms with Gasteiger partial charge in [-0.1, -0.05) is 12.1 Å². The highest BCUT2D eigenvalue weighted by atomic mass is 16.5. The number of aromatic nitrogens is 4. The van der Waals surface area contributed by atoms with E-state index in [-0.39, 0.29) is 18.3 Å². The van der Waals surface area contributed by atoms with Crippen LogP contribution in [0.5, 0.6) is 11.8 Å². The van der Waals surface area contributed by atoms with Gasteiger partial charge in [0.15, 0.2) is 5.65 Å². The molecular formula is C22H20N8O3. The molecule has 1 aliphatic carbocycles. The molecule has 2 fully saturated rings. The molecule has 4 heterocycles. The number of amidine groups is 1. The monoisotopic (exact) mass is 444 g/mol. The lowest BCUT2D eigenvalue weighted by atomic mass is 10.1. The Bertz CT molecular complexity index is 1350. The van der Waals surface area contributed by atoms with Crippen LogP contribution in [0.4, 0.5) is 5.95 Å². The lowest BCUT2D eigenvalue weighted by Crippen LogP contribution is -2.19. The molecule has 0 spiro atoms. The van der Waals surface area contributed by atoms with Gasteiger partial charge in [-0.25, -0.2) is 0 Å². The molecule has 6 rings (SSSR count). The largest absolute Gasteiger partial charge is 0.424 e. The van der Waals surface area contributed by atoms with Gasteiger partial charge in [0.25, 0.3) is 5.91 Å². The lowest BCUT2D eigenvalue weighted by Gasteiger charge is -2.10. The van der Waals surface area contributed by atoms with Crippen molar-refractivity contribution < 1.29 is 14.3 Å². The van der Waals surface area contributed by atoms with Crippen LogP contribution in [-0.4, -0.2) is 56.4 Å². The van der Waals surface area contributed by atoms with Crippen molar-refractivity contribution in [2.75, 3.05) is 18.4 Å². The maximum atomic E-state index is 12.0.